The zero-order chi connectivity index (χ0) is 17.1. The minimum Gasteiger partial charge on any atom is -0.468 e. The fourth-order valence-electron chi connectivity index (χ4n) is 3.69. The highest BCUT2D eigenvalue weighted by Gasteiger charge is 2.43. The molecule has 4 rings (SSSR count). The second-order valence-corrected chi connectivity index (χ2v) is 7.10. The van der Waals surface area contributed by atoms with Gasteiger partial charge in [-0.25, -0.2) is 4.79 Å². The molecule has 0 saturated carbocycles. The van der Waals surface area contributed by atoms with Crippen LogP contribution >= 0.6 is 0 Å². The average Bonchev–Trinajstić information content (AvgIpc) is 2.96. The van der Waals surface area contributed by atoms with Crippen molar-refractivity contribution in [3.8, 4) is 0 Å². The maximum atomic E-state index is 12.8. The lowest BCUT2D eigenvalue weighted by Crippen LogP contribution is -2.38. The smallest absolute Gasteiger partial charge is 0.327 e. The lowest BCUT2D eigenvalue weighted by molar-refractivity contribution is -0.118. The molecule has 124 valence electrons. The first-order valence-electron chi connectivity index (χ1n) is 7.79. The first-order chi connectivity index (χ1) is 11.4. The Kier molecular flexibility index (Phi) is 2.97. The van der Waals surface area contributed by atoms with Crippen LogP contribution in [0.25, 0.3) is 0 Å². The molecule has 1 aliphatic carbocycles. The molecule has 0 saturated heterocycles. The van der Waals surface area contributed by atoms with Gasteiger partial charge in [0.2, 0.25) is 0 Å². The third-order valence-corrected chi connectivity index (χ3v) is 4.58. The first kappa shape index (κ1) is 14.7. The number of aromatic amines is 2. The van der Waals surface area contributed by atoms with Gasteiger partial charge in [-0.3, -0.25) is 19.6 Å². The summed E-state index contributed by atoms with van der Waals surface area (Å²) >= 11 is 0. The van der Waals surface area contributed by atoms with E-state index < -0.39 is 17.2 Å². The summed E-state index contributed by atoms with van der Waals surface area (Å²) in [4.78, 5) is 41.7. The average molecular weight is 327 g/mol. The Hall–Kier alpha value is -2.83. The predicted octanol–water partition coefficient (Wildman–Crippen LogP) is 1.86. The van der Waals surface area contributed by atoms with Gasteiger partial charge in [0.05, 0.1) is 17.7 Å². The molecule has 0 aromatic carbocycles. The Morgan fingerprint density at radius 1 is 1.17 bits per heavy atom. The van der Waals surface area contributed by atoms with Crippen molar-refractivity contribution in [1.82, 2.24) is 9.97 Å². The van der Waals surface area contributed by atoms with Crippen LogP contribution in [0.1, 0.15) is 43.9 Å². The number of hydrogen-bond donors (Lipinski definition) is 3. The molecule has 0 amide bonds. The normalized spacial score (nSPS) is 21.9. The topological polar surface area (TPSA) is 108 Å². The summed E-state index contributed by atoms with van der Waals surface area (Å²) in [5, 5.41) is 3.10. The van der Waals surface area contributed by atoms with Crippen LogP contribution in [0.5, 0.6) is 0 Å². The third-order valence-electron chi connectivity index (χ3n) is 4.58. The fraction of sp³-hybridized carbons (Fsp3) is 0.353. The van der Waals surface area contributed by atoms with Gasteiger partial charge in [-0.15, -0.1) is 0 Å². The van der Waals surface area contributed by atoms with Gasteiger partial charge in [-0.05, 0) is 24.0 Å². The van der Waals surface area contributed by atoms with Crippen LogP contribution in [0, 0.1) is 5.41 Å². The standard InChI is InChI=1S/C17H17N3O4/c1-17(2)6-8-11(9(21)7-17)12(10-4-3-5-24-10)13-14(18-8)19-16(23)20-15(13)22/h3-5,12H,6-7H2,1-2H3,(H3,18,19,20,22,23). The summed E-state index contributed by atoms with van der Waals surface area (Å²) in [5.41, 5.74) is 0.300. The number of H-pyrrole nitrogens is 2. The summed E-state index contributed by atoms with van der Waals surface area (Å²) in [6.07, 6.45) is 2.56. The van der Waals surface area contributed by atoms with Gasteiger partial charge in [0.15, 0.2) is 5.78 Å². The summed E-state index contributed by atoms with van der Waals surface area (Å²) < 4.78 is 5.51. The lowest BCUT2D eigenvalue weighted by atomic mass is 9.70. The Labute approximate surface area is 136 Å². The van der Waals surface area contributed by atoms with Crippen LogP contribution in [0.4, 0.5) is 5.82 Å². The van der Waals surface area contributed by atoms with E-state index in [0.29, 0.717) is 35.6 Å². The molecule has 3 N–H and O–H groups in total. The fourth-order valence-corrected chi connectivity index (χ4v) is 3.69. The Morgan fingerprint density at radius 2 is 1.96 bits per heavy atom. The molecule has 1 aliphatic heterocycles. The monoisotopic (exact) mass is 327 g/mol. The molecule has 7 nitrogen and oxygen atoms in total. The Balaban J connectivity index is 2.01. The number of furan rings is 1. The van der Waals surface area contributed by atoms with Crippen molar-refractivity contribution in [2.24, 2.45) is 5.41 Å². The number of carbonyl (C=O) groups excluding carboxylic acids is 1. The van der Waals surface area contributed by atoms with Crippen LogP contribution in [0.15, 0.2) is 43.7 Å². The third kappa shape index (κ3) is 2.16. The number of nitrogens with one attached hydrogen (secondary N) is 3. The van der Waals surface area contributed by atoms with E-state index in [0.717, 1.165) is 5.70 Å². The van der Waals surface area contributed by atoms with Crippen LogP contribution < -0.4 is 16.6 Å². The molecular weight excluding hydrogens is 310 g/mol. The summed E-state index contributed by atoms with van der Waals surface area (Å²) in [5.74, 6) is 0.215. The molecule has 1 atom stereocenters. The molecule has 0 spiro atoms. The van der Waals surface area contributed by atoms with Crippen molar-refractivity contribution in [1.29, 1.82) is 0 Å². The van der Waals surface area contributed by atoms with E-state index in [1.54, 1.807) is 12.1 Å². The lowest BCUT2D eigenvalue weighted by Gasteiger charge is -2.37. The van der Waals surface area contributed by atoms with Gasteiger partial charge in [0.25, 0.3) is 5.56 Å². The molecule has 0 radical (unpaired) electrons. The second kappa shape index (κ2) is 4.83. The van der Waals surface area contributed by atoms with Crippen molar-refractivity contribution in [2.45, 2.75) is 32.6 Å². The number of fused-ring (bicyclic) bond motifs is 1. The molecule has 3 heterocycles. The van der Waals surface area contributed by atoms with Crippen LogP contribution in [0.2, 0.25) is 0 Å². The van der Waals surface area contributed by atoms with E-state index in [4.69, 9.17) is 4.42 Å². The minimum absolute atomic E-state index is 0.00796. The van der Waals surface area contributed by atoms with E-state index >= 15 is 0 Å². The highest BCUT2D eigenvalue weighted by molar-refractivity contribution is 6.01. The van der Waals surface area contributed by atoms with Crippen molar-refractivity contribution in [2.75, 3.05) is 5.32 Å². The van der Waals surface area contributed by atoms with E-state index in [1.807, 2.05) is 13.8 Å². The molecule has 0 bridgehead atoms. The number of allylic oxidation sites excluding steroid dienone is 2. The van der Waals surface area contributed by atoms with E-state index in [1.165, 1.54) is 6.26 Å². The molecule has 2 aliphatic rings. The van der Waals surface area contributed by atoms with Gasteiger partial charge >= 0.3 is 5.69 Å². The molecular formula is C17H17N3O4. The second-order valence-electron chi connectivity index (χ2n) is 7.10. The van der Waals surface area contributed by atoms with Crippen molar-refractivity contribution in [3.05, 3.63) is 61.8 Å². The molecule has 2 aromatic rings. The Bertz CT molecular complexity index is 976. The number of anilines is 1. The van der Waals surface area contributed by atoms with Crippen molar-refractivity contribution < 1.29 is 9.21 Å². The molecule has 0 fully saturated rings. The van der Waals surface area contributed by atoms with E-state index in [9.17, 15) is 14.4 Å². The number of ketones is 1. The van der Waals surface area contributed by atoms with Gasteiger partial charge < -0.3 is 9.73 Å². The number of carbonyl (C=O) groups is 1. The number of aromatic nitrogens is 2. The zero-order valence-corrected chi connectivity index (χ0v) is 13.4. The Morgan fingerprint density at radius 3 is 2.67 bits per heavy atom. The number of rotatable bonds is 1. The van der Waals surface area contributed by atoms with Gasteiger partial charge in [-0.2, -0.15) is 0 Å². The predicted molar refractivity (Wildman–Crippen MR) is 86.9 cm³/mol. The largest absolute Gasteiger partial charge is 0.468 e. The molecule has 1 unspecified atom stereocenters. The maximum Gasteiger partial charge on any atom is 0.327 e. The van der Waals surface area contributed by atoms with Crippen LogP contribution in [0.3, 0.4) is 0 Å². The van der Waals surface area contributed by atoms with E-state index in [2.05, 4.69) is 15.3 Å². The summed E-state index contributed by atoms with van der Waals surface area (Å²) in [6, 6.07) is 3.45. The minimum atomic E-state index is -0.615. The molecule has 24 heavy (non-hydrogen) atoms. The molecule has 2 aromatic heterocycles. The SMILES string of the molecule is CC1(C)CC(=O)C2=C(C1)Nc1[nH]c(=O)[nH]c(=O)c1C2c1ccco1. The first-order valence-corrected chi connectivity index (χ1v) is 7.79. The van der Waals surface area contributed by atoms with Crippen molar-refractivity contribution in [3.63, 3.8) is 0 Å². The zero-order valence-electron chi connectivity index (χ0n) is 13.4. The quantitative estimate of drug-likeness (QED) is 0.741. The summed E-state index contributed by atoms with van der Waals surface area (Å²) in [6.45, 7) is 4.04. The maximum absolute atomic E-state index is 12.8. The van der Waals surface area contributed by atoms with Crippen LogP contribution in [-0.2, 0) is 4.79 Å². The van der Waals surface area contributed by atoms with E-state index in [-0.39, 0.29) is 11.2 Å². The van der Waals surface area contributed by atoms with Crippen molar-refractivity contribution >= 4 is 11.6 Å². The van der Waals surface area contributed by atoms with Gasteiger partial charge in [0.1, 0.15) is 11.6 Å². The number of hydrogen-bond acceptors (Lipinski definition) is 5. The summed E-state index contributed by atoms with van der Waals surface area (Å²) in [7, 11) is 0. The molecule has 7 heteroatoms. The number of Topliss-reactive ketones (excluding diaryl/α,β-unsaturated/α-hetero) is 1. The van der Waals surface area contributed by atoms with Crippen LogP contribution in [-0.4, -0.2) is 15.8 Å². The van der Waals surface area contributed by atoms with Gasteiger partial charge in [0, 0.05) is 17.7 Å². The highest BCUT2D eigenvalue weighted by Crippen LogP contribution is 2.47. The highest BCUT2D eigenvalue weighted by atomic mass is 16.3. The van der Waals surface area contributed by atoms with Gasteiger partial charge in [-0.1, -0.05) is 13.8 Å².